The standard InChI is InChI=1S/C13H14O2.2C2H6/c1-15-13(14)12-8-6-11(7-9-12)10-4-2-3-5-10;2*1-2/h4,6-9H,2-3,5H2,1H3;2*1-2H3. The van der Waals surface area contributed by atoms with E-state index >= 15 is 0 Å². The van der Waals surface area contributed by atoms with Crippen molar-refractivity contribution in [3.05, 3.63) is 41.5 Å². The van der Waals surface area contributed by atoms with E-state index in [2.05, 4.69) is 10.8 Å². The number of ether oxygens (including phenoxy) is 1. The number of esters is 1. The van der Waals surface area contributed by atoms with Crippen LogP contribution < -0.4 is 0 Å². The lowest BCUT2D eigenvalue weighted by Crippen LogP contribution is -2.00. The van der Waals surface area contributed by atoms with Gasteiger partial charge in [0, 0.05) is 0 Å². The van der Waals surface area contributed by atoms with E-state index in [1.165, 1.54) is 31.1 Å². The van der Waals surface area contributed by atoms with Gasteiger partial charge >= 0.3 is 5.97 Å². The minimum absolute atomic E-state index is 0.276. The summed E-state index contributed by atoms with van der Waals surface area (Å²) in [6, 6.07) is 7.62. The van der Waals surface area contributed by atoms with E-state index in [-0.39, 0.29) is 5.97 Å². The Hall–Kier alpha value is -1.57. The number of methoxy groups -OCH3 is 1. The van der Waals surface area contributed by atoms with Crippen LogP contribution in [0.5, 0.6) is 0 Å². The largest absolute Gasteiger partial charge is 0.465 e. The fourth-order valence-electron chi connectivity index (χ4n) is 1.87. The molecule has 0 aromatic heterocycles. The molecule has 0 saturated carbocycles. The quantitative estimate of drug-likeness (QED) is 0.694. The Bertz CT molecular complexity index is 388. The molecule has 1 aliphatic rings. The van der Waals surface area contributed by atoms with Crippen LogP contribution in [0.15, 0.2) is 30.3 Å². The first-order valence-electron chi connectivity index (χ1n) is 7.19. The highest BCUT2D eigenvalue weighted by Gasteiger charge is 2.08. The second-order valence-corrected chi connectivity index (χ2v) is 3.69. The van der Waals surface area contributed by atoms with Crippen molar-refractivity contribution in [3.8, 4) is 0 Å². The van der Waals surface area contributed by atoms with Gasteiger partial charge in [0.2, 0.25) is 0 Å². The smallest absolute Gasteiger partial charge is 0.337 e. The van der Waals surface area contributed by atoms with Crippen LogP contribution in [0.25, 0.3) is 5.57 Å². The van der Waals surface area contributed by atoms with Gasteiger partial charge in [-0.2, -0.15) is 0 Å². The Kier molecular flexibility index (Phi) is 9.51. The Morgan fingerprint density at radius 1 is 1.05 bits per heavy atom. The highest BCUT2D eigenvalue weighted by Crippen LogP contribution is 2.27. The average Bonchev–Trinajstić information content (AvgIpc) is 3.05. The number of rotatable bonds is 2. The summed E-state index contributed by atoms with van der Waals surface area (Å²) >= 11 is 0. The summed E-state index contributed by atoms with van der Waals surface area (Å²) in [5.41, 5.74) is 3.23. The third-order valence-electron chi connectivity index (χ3n) is 2.72. The average molecular weight is 262 g/mol. The van der Waals surface area contributed by atoms with Crippen molar-refractivity contribution in [2.45, 2.75) is 47.0 Å². The first-order chi connectivity index (χ1) is 9.31. The molecule has 2 rings (SSSR count). The summed E-state index contributed by atoms with van der Waals surface area (Å²) in [6.07, 6.45) is 5.84. The van der Waals surface area contributed by atoms with Gasteiger partial charge in [-0.1, -0.05) is 45.9 Å². The number of hydrogen-bond acceptors (Lipinski definition) is 2. The van der Waals surface area contributed by atoms with Crippen molar-refractivity contribution in [2.24, 2.45) is 0 Å². The van der Waals surface area contributed by atoms with Gasteiger partial charge < -0.3 is 4.74 Å². The number of carbonyl (C=O) groups is 1. The molecule has 0 heterocycles. The van der Waals surface area contributed by atoms with E-state index in [0.29, 0.717) is 5.56 Å². The van der Waals surface area contributed by atoms with Crippen LogP contribution >= 0.6 is 0 Å². The normalized spacial score (nSPS) is 12.4. The van der Waals surface area contributed by atoms with Crippen LogP contribution in [0.2, 0.25) is 0 Å². The maximum absolute atomic E-state index is 11.2. The molecule has 1 aliphatic carbocycles. The molecule has 19 heavy (non-hydrogen) atoms. The SMILES string of the molecule is CC.CC.COC(=O)c1ccc(C2=CCCC2)cc1. The maximum Gasteiger partial charge on any atom is 0.337 e. The summed E-state index contributed by atoms with van der Waals surface area (Å²) in [6.45, 7) is 8.00. The highest BCUT2D eigenvalue weighted by molar-refractivity contribution is 5.89. The first kappa shape index (κ1) is 17.4. The molecule has 0 spiro atoms. The van der Waals surface area contributed by atoms with E-state index in [4.69, 9.17) is 0 Å². The number of hydrogen-bond donors (Lipinski definition) is 0. The molecule has 1 aromatic carbocycles. The van der Waals surface area contributed by atoms with Gasteiger partial charge in [0.15, 0.2) is 0 Å². The number of benzene rings is 1. The van der Waals surface area contributed by atoms with Crippen molar-refractivity contribution in [3.63, 3.8) is 0 Å². The van der Waals surface area contributed by atoms with Crippen molar-refractivity contribution in [2.75, 3.05) is 7.11 Å². The lowest BCUT2D eigenvalue weighted by Gasteiger charge is -2.03. The van der Waals surface area contributed by atoms with E-state index in [0.717, 1.165) is 6.42 Å². The summed E-state index contributed by atoms with van der Waals surface area (Å²) in [4.78, 5) is 11.2. The summed E-state index contributed by atoms with van der Waals surface area (Å²) < 4.78 is 4.65. The van der Waals surface area contributed by atoms with E-state index < -0.39 is 0 Å². The molecule has 0 amide bonds. The van der Waals surface area contributed by atoms with Crippen LogP contribution in [0.3, 0.4) is 0 Å². The van der Waals surface area contributed by atoms with Crippen LogP contribution in [0, 0.1) is 0 Å². The molecule has 0 saturated heterocycles. The predicted octanol–water partition coefficient (Wildman–Crippen LogP) is 5.09. The fourth-order valence-corrected chi connectivity index (χ4v) is 1.87. The minimum atomic E-state index is -0.276. The van der Waals surface area contributed by atoms with Gasteiger partial charge in [0.1, 0.15) is 0 Å². The molecule has 0 radical (unpaired) electrons. The van der Waals surface area contributed by atoms with E-state index in [1.807, 2.05) is 52.0 Å². The Morgan fingerprint density at radius 2 is 1.63 bits per heavy atom. The summed E-state index contributed by atoms with van der Waals surface area (Å²) in [7, 11) is 1.40. The zero-order valence-corrected chi connectivity index (χ0v) is 12.8. The second-order valence-electron chi connectivity index (χ2n) is 3.69. The molecule has 0 atom stereocenters. The van der Waals surface area contributed by atoms with Crippen molar-refractivity contribution >= 4 is 11.5 Å². The van der Waals surface area contributed by atoms with Crippen LogP contribution in [0.1, 0.15) is 62.9 Å². The van der Waals surface area contributed by atoms with Crippen LogP contribution in [0.4, 0.5) is 0 Å². The zero-order valence-electron chi connectivity index (χ0n) is 12.8. The summed E-state index contributed by atoms with van der Waals surface area (Å²) in [5.74, 6) is -0.276. The molecule has 0 bridgehead atoms. The Balaban J connectivity index is 0.000000741. The fraction of sp³-hybridized carbons (Fsp3) is 0.471. The van der Waals surface area contributed by atoms with Crippen LogP contribution in [-0.2, 0) is 4.74 Å². The molecule has 0 N–H and O–H groups in total. The Labute approximate surface area is 117 Å². The van der Waals surface area contributed by atoms with Crippen molar-refractivity contribution < 1.29 is 9.53 Å². The monoisotopic (exact) mass is 262 g/mol. The van der Waals surface area contributed by atoms with Crippen molar-refractivity contribution in [1.82, 2.24) is 0 Å². The third-order valence-corrected chi connectivity index (χ3v) is 2.72. The third kappa shape index (κ3) is 5.29. The Morgan fingerprint density at radius 3 is 2.05 bits per heavy atom. The molecule has 1 aromatic rings. The molecule has 0 aliphatic heterocycles. The van der Waals surface area contributed by atoms with Gasteiger partial charge in [-0.25, -0.2) is 4.79 Å². The molecule has 2 heteroatoms. The molecule has 0 unspecified atom stereocenters. The van der Waals surface area contributed by atoms with E-state index in [9.17, 15) is 4.79 Å². The second kappa shape index (κ2) is 10.4. The molecule has 106 valence electrons. The van der Waals surface area contributed by atoms with Crippen molar-refractivity contribution in [1.29, 1.82) is 0 Å². The van der Waals surface area contributed by atoms with Crippen LogP contribution in [-0.4, -0.2) is 13.1 Å². The predicted molar refractivity (Wildman–Crippen MR) is 82.3 cm³/mol. The molecule has 2 nitrogen and oxygen atoms in total. The molecular formula is C17H26O2. The van der Waals surface area contributed by atoms with Gasteiger partial charge in [-0.05, 0) is 42.5 Å². The van der Waals surface area contributed by atoms with E-state index in [1.54, 1.807) is 0 Å². The first-order valence-corrected chi connectivity index (χ1v) is 7.19. The number of carbonyl (C=O) groups excluding carboxylic acids is 1. The maximum atomic E-state index is 11.2. The van der Waals surface area contributed by atoms with Gasteiger partial charge in [0.05, 0.1) is 12.7 Å². The highest BCUT2D eigenvalue weighted by atomic mass is 16.5. The summed E-state index contributed by atoms with van der Waals surface area (Å²) in [5, 5.41) is 0. The molecular weight excluding hydrogens is 236 g/mol. The topological polar surface area (TPSA) is 26.3 Å². The van der Waals surface area contributed by atoms with Gasteiger partial charge in [-0.3, -0.25) is 0 Å². The molecule has 0 fully saturated rings. The lowest BCUT2D eigenvalue weighted by molar-refractivity contribution is 0.0600. The van der Waals surface area contributed by atoms with Gasteiger partial charge in [-0.15, -0.1) is 0 Å². The zero-order chi connectivity index (χ0) is 14.7. The van der Waals surface area contributed by atoms with Gasteiger partial charge in [0.25, 0.3) is 0 Å². The lowest BCUT2D eigenvalue weighted by atomic mass is 10.0. The number of allylic oxidation sites excluding steroid dienone is 2. The minimum Gasteiger partial charge on any atom is -0.465 e.